The fourth-order valence-electron chi connectivity index (χ4n) is 1.58. The van der Waals surface area contributed by atoms with Gasteiger partial charge >= 0.3 is 0 Å². The molecular weight excluding hydrogens is 218 g/mol. The summed E-state index contributed by atoms with van der Waals surface area (Å²) in [5.74, 6) is 0. The molecule has 2 nitrogen and oxygen atoms in total. The van der Waals surface area contributed by atoms with Gasteiger partial charge in [0, 0.05) is 12.6 Å². The van der Waals surface area contributed by atoms with Crippen LogP contribution in [0.2, 0.25) is 0 Å². The molecule has 0 saturated carbocycles. The molecule has 0 radical (unpaired) electrons. The third kappa shape index (κ3) is 2.68. The van der Waals surface area contributed by atoms with Crippen molar-refractivity contribution in [1.82, 2.24) is 4.98 Å². The van der Waals surface area contributed by atoms with Crippen LogP contribution >= 0.6 is 11.3 Å². The first-order valence-electron chi connectivity index (χ1n) is 5.31. The summed E-state index contributed by atoms with van der Waals surface area (Å²) in [5, 5.41) is 11.0. The van der Waals surface area contributed by atoms with Crippen LogP contribution < -0.4 is 0 Å². The van der Waals surface area contributed by atoms with E-state index < -0.39 is 6.10 Å². The van der Waals surface area contributed by atoms with Crippen LogP contribution in [0.4, 0.5) is 0 Å². The molecule has 16 heavy (non-hydrogen) atoms. The average Bonchev–Trinajstić information content (AvgIpc) is 2.68. The first kappa shape index (κ1) is 11.3. The van der Waals surface area contributed by atoms with E-state index in [1.165, 1.54) is 5.56 Å². The number of hydrogen-bond donors (Lipinski definition) is 1. The Balaban J connectivity index is 2.07. The lowest BCUT2D eigenvalue weighted by atomic mass is 10.1. The van der Waals surface area contributed by atoms with Gasteiger partial charge < -0.3 is 5.11 Å². The zero-order valence-electron chi connectivity index (χ0n) is 9.47. The molecule has 0 saturated heterocycles. The normalized spacial score (nSPS) is 12.7. The molecule has 84 valence electrons. The molecule has 1 heterocycles. The fraction of sp³-hybridized carbons (Fsp3) is 0.308. The van der Waals surface area contributed by atoms with E-state index in [1.807, 2.05) is 6.92 Å². The van der Waals surface area contributed by atoms with Crippen molar-refractivity contribution in [2.24, 2.45) is 0 Å². The molecule has 0 bridgehead atoms. The lowest BCUT2D eigenvalue weighted by Gasteiger charge is -2.08. The molecule has 3 heteroatoms. The van der Waals surface area contributed by atoms with Crippen LogP contribution in [0.3, 0.4) is 0 Å². The van der Waals surface area contributed by atoms with Gasteiger partial charge in [0.1, 0.15) is 0 Å². The van der Waals surface area contributed by atoms with E-state index in [0.717, 1.165) is 15.4 Å². The van der Waals surface area contributed by atoms with E-state index >= 15 is 0 Å². The molecular formula is C13H15NOS. The highest BCUT2D eigenvalue weighted by Gasteiger charge is 2.11. The highest BCUT2D eigenvalue weighted by atomic mass is 32.1. The summed E-state index contributed by atoms with van der Waals surface area (Å²) in [7, 11) is 0. The van der Waals surface area contributed by atoms with Gasteiger partial charge in [-0.05, 0) is 19.4 Å². The van der Waals surface area contributed by atoms with Crippen LogP contribution in [0.1, 0.15) is 27.1 Å². The second kappa shape index (κ2) is 4.76. The van der Waals surface area contributed by atoms with Crippen molar-refractivity contribution in [1.29, 1.82) is 0 Å². The van der Waals surface area contributed by atoms with Crippen molar-refractivity contribution in [3.8, 4) is 0 Å². The summed E-state index contributed by atoms with van der Waals surface area (Å²) < 4.78 is 0. The topological polar surface area (TPSA) is 33.1 Å². The number of hydrogen-bond acceptors (Lipinski definition) is 3. The summed E-state index contributed by atoms with van der Waals surface area (Å²) in [6, 6.07) is 8.26. The minimum Gasteiger partial charge on any atom is -0.387 e. The molecule has 0 aliphatic carbocycles. The predicted molar refractivity (Wildman–Crippen MR) is 66.7 cm³/mol. The SMILES string of the molecule is Cc1ccc(CC(O)c2cnc(C)s2)cc1. The Morgan fingerprint density at radius 1 is 1.25 bits per heavy atom. The number of aryl methyl sites for hydroxylation is 2. The Kier molecular flexibility index (Phi) is 3.36. The van der Waals surface area contributed by atoms with Gasteiger partial charge in [-0.3, -0.25) is 0 Å². The zero-order chi connectivity index (χ0) is 11.5. The number of benzene rings is 1. The van der Waals surface area contributed by atoms with Crippen LogP contribution in [0, 0.1) is 13.8 Å². The van der Waals surface area contributed by atoms with Gasteiger partial charge in [-0.1, -0.05) is 29.8 Å². The van der Waals surface area contributed by atoms with Crippen LogP contribution in [0.15, 0.2) is 30.5 Å². The molecule has 1 aromatic heterocycles. The lowest BCUT2D eigenvalue weighted by molar-refractivity contribution is 0.182. The van der Waals surface area contributed by atoms with Crippen molar-refractivity contribution < 1.29 is 5.11 Å². The van der Waals surface area contributed by atoms with Crippen molar-refractivity contribution in [2.45, 2.75) is 26.4 Å². The maximum atomic E-state index is 10.0. The van der Waals surface area contributed by atoms with Gasteiger partial charge in [0.15, 0.2) is 0 Å². The quantitative estimate of drug-likeness (QED) is 0.884. The third-order valence-corrected chi connectivity index (χ3v) is 3.53. The van der Waals surface area contributed by atoms with Crippen LogP contribution in [-0.4, -0.2) is 10.1 Å². The van der Waals surface area contributed by atoms with Gasteiger partial charge in [-0.25, -0.2) is 4.98 Å². The Morgan fingerprint density at radius 2 is 1.94 bits per heavy atom. The van der Waals surface area contributed by atoms with Crippen molar-refractivity contribution >= 4 is 11.3 Å². The highest BCUT2D eigenvalue weighted by molar-refractivity contribution is 7.11. The Bertz CT molecular complexity index is 461. The highest BCUT2D eigenvalue weighted by Crippen LogP contribution is 2.23. The van der Waals surface area contributed by atoms with E-state index in [0.29, 0.717) is 6.42 Å². The molecule has 0 spiro atoms. The van der Waals surface area contributed by atoms with Gasteiger partial charge in [0.2, 0.25) is 0 Å². The summed E-state index contributed by atoms with van der Waals surface area (Å²) in [6.45, 7) is 4.01. The Hall–Kier alpha value is -1.19. The van der Waals surface area contributed by atoms with Crippen LogP contribution in [0.25, 0.3) is 0 Å². The molecule has 2 aromatic rings. The monoisotopic (exact) mass is 233 g/mol. The molecule has 1 aromatic carbocycles. The second-order valence-electron chi connectivity index (χ2n) is 3.99. The van der Waals surface area contributed by atoms with Gasteiger partial charge in [-0.15, -0.1) is 11.3 Å². The molecule has 1 N–H and O–H groups in total. The zero-order valence-corrected chi connectivity index (χ0v) is 10.3. The van der Waals surface area contributed by atoms with E-state index in [9.17, 15) is 5.11 Å². The Morgan fingerprint density at radius 3 is 2.50 bits per heavy atom. The van der Waals surface area contributed by atoms with Crippen molar-refractivity contribution in [3.63, 3.8) is 0 Å². The molecule has 1 atom stereocenters. The number of aromatic nitrogens is 1. The maximum absolute atomic E-state index is 10.0. The van der Waals surface area contributed by atoms with Gasteiger partial charge in [0.05, 0.1) is 16.0 Å². The van der Waals surface area contributed by atoms with E-state index in [1.54, 1.807) is 17.5 Å². The lowest BCUT2D eigenvalue weighted by Crippen LogP contribution is -1.99. The minimum atomic E-state index is -0.436. The van der Waals surface area contributed by atoms with Gasteiger partial charge in [0.25, 0.3) is 0 Å². The van der Waals surface area contributed by atoms with E-state index in [4.69, 9.17) is 0 Å². The molecule has 1 unspecified atom stereocenters. The molecule has 0 fully saturated rings. The second-order valence-corrected chi connectivity index (χ2v) is 5.25. The number of nitrogens with zero attached hydrogens (tertiary/aromatic N) is 1. The van der Waals surface area contributed by atoms with Crippen LogP contribution in [-0.2, 0) is 6.42 Å². The number of aliphatic hydroxyl groups is 1. The maximum Gasteiger partial charge on any atom is 0.0938 e. The molecule has 0 amide bonds. The van der Waals surface area contributed by atoms with Crippen molar-refractivity contribution in [3.05, 3.63) is 51.5 Å². The molecule has 0 aliphatic rings. The minimum absolute atomic E-state index is 0.436. The fourth-order valence-corrected chi connectivity index (χ4v) is 2.35. The summed E-state index contributed by atoms with van der Waals surface area (Å²) in [6.07, 6.45) is 1.98. The molecule has 2 rings (SSSR count). The summed E-state index contributed by atoms with van der Waals surface area (Å²) in [5.41, 5.74) is 2.40. The largest absolute Gasteiger partial charge is 0.387 e. The summed E-state index contributed by atoms with van der Waals surface area (Å²) in [4.78, 5) is 5.09. The number of thiazole rings is 1. The Labute approximate surface area is 99.6 Å². The van der Waals surface area contributed by atoms with Gasteiger partial charge in [-0.2, -0.15) is 0 Å². The van der Waals surface area contributed by atoms with E-state index in [2.05, 4.69) is 36.2 Å². The van der Waals surface area contributed by atoms with Crippen LogP contribution in [0.5, 0.6) is 0 Å². The smallest absolute Gasteiger partial charge is 0.0938 e. The first-order chi connectivity index (χ1) is 7.65. The first-order valence-corrected chi connectivity index (χ1v) is 6.13. The standard InChI is InChI=1S/C13H15NOS/c1-9-3-5-11(6-4-9)7-12(15)13-8-14-10(2)16-13/h3-6,8,12,15H,7H2,1-2H3. The summed E-state index contributed by atoms with van der Waals surface area (Å²) >= 11 is 1.56. The van der Waals surface area contributed by atoms with Crippen molar-refractivity contribution in [2.75, 3.05) is 0 Å². The molecule has 0 aliphatic heterocycles. The average molecular weight is 233 g/mol. The van der Waals surface area contributed by atoms with E-state index in [-0.39, 0.29) is 0 Å². The predicted octanol–water partition coefficient (Wildman–Crippen LogP) is 3.04. The number of rotatable bonds is 3. The number of aliphatic hydroxyl groups excluding tert-OH is 1. The third-order valence-electron chi connectivity index (χ3n) is 2.52.